The molecule has 0 amide bonds. The Labute approximate surface area is 106 Å². The van der Waals surface area contributed by atoms with Gasteiger partial charge >= 0.3 is 0 Å². The van der Waals surface area contributed by atoms with E-state index in [0.29, 0.717) is 13.1 Å². The standard InChI is InChI=1S/C12H19N5O/c1-9-11(13-8-18-9)7-17-6-10(15-16-17)5-14-12(2,3)4/h6,8,14H,5,7H2,1-4H3. The molecule has 6 nitrogen and oxygen atoms in total. The second-order valence-electron chi connectivity index (χ2n) is 5.37. The Morgan fingerprint density at radius 2 is 2.17 bits per heavy atom. The van der Waals surface area contributed by atoms with Crippen LogP contribution in [-0.2, 0) is 13.1 Å². The number of hydrogen-bond acceptors (Lipinski definition) is 5. The van der Waals surface area contributed by atoms with E-state index in [-0.39, 0.29) is 5.54 Å². The van der Waals surface area contributed by atoms with Crippen molar-refractivity contribution in [3.05, 3.63) is 29.7 Å². The fourth-order valence-electron chi connectivity index (χ4n) is 1.49. The molecule has 0 radical (unpaired) electrons. The van der Waals surface area contributed by atoms with Gasteiger partial charge < -0.3 is 9.73 Å². The van der Waals surface area contributed by atoms with Gasteiger partial charge in [0.1, 0.15) is 11.5 Å². The van der Waals surface area contributed by atoms with Crippen LogP contribution in [0.3, 0.4) is 0 Å². The molecule has 18 heavy (non-hydrogen) atoms. The Kier molecular flexibility index (Phi) is 3.47. The quantitative estimate of drug-likeness (QED) is 0.889. The third-order valence-electron chi connectivity index (χ3n) is 2.54. The largest absolute Gasteiger partial charge is 0.448 e. The van der Waals surface area contributed by atoms with E-state index in [1.807, 2.05) is 13.1 Å². The highest BCUT2D eigenvalue weighted by Crippen LogP contribution is 2.07. The smallest absolute Gasteiger partial charge is 0.181 e. The van der Waals surface area contributed by atoms with Gasteiger partial charge in [0.05, 0.1) is 18.4 Å². The predicted molar refractivity (Wildman–Crippen MR) is 67.0 cm³/mol. The van der Waals surface area contributed by atoms with Crippen LogP contribution in [-0.4, -0.2) is 25.5 Å². The first-order valence-corrected chi connectivity index (χ1v) is 5.97. The van der Waals surface area contributed by atoms with Crippen LogP contribution < -0.4 is 5.32 Å². The zero-order valence-electron chi connectivity index (χ0n) is 11.3. The van der Waals surface area contributed by atoms with Crippen molar-refractivity contribution in [2.75, 3.05) is 0 Å². The Morgan fingerprint density at radius 3 is 2.78 bits per heavy atom. The maximum Gasteiger partial charge on any atom is 0.181 e. The van der Waals surface area contributed by atoms with Crippen molar-refractivity contribution < 1.29 is 4.42 Å². The third kappa shape index (κ3) is 3.40. The molecule has 0 spiro atoms. The number of nitrogens with one attached hydrogen (secondary N) is 1. The number of hydrogen-bond donors (Lipinski definition) is 1. The minimum Gasteiger partial charge on any atom is -0.448 e. The molecule has 1 N–H and O–H groups in total. The second-order valence-corrected chi connectivity index (χ2v) is 5.37. The fraction of sp³-hybridized carbons (Fsp3) is 0.583. The van der Waals surface area contributed by atoms with E-state index in [1.54, 1.807) is 4.68 Å². The van der Waals surface area contributed by atoms with Gasteiger partial charge in [-0.25, -0.2) is 9.67 Å². The topological polar surface area (TPSA) is 68.8 Å². The lowest BCUT2D eigenvalue weighted by molar-refractivity contribution is 0.421. The van der Waals surface area contributed by atoms with Crippen molar-refractivity contribution in [2.24, 2.45) is 0 Å². The number of nitrogens with zero attached hydrogens (tertiary/aromatic N) is 4. The van der Waals surface area contributed by atoms with E-state index in [2.05, 4.69) is 41.4 Å². The molecule has 0 aliphatic rings. The Bertz CT molecular complexity index is 509. The van der Waals surface area contributed by atoms with Gasteiger partial charge in [-0.2, -0.15) is 0 Å². The SMILES string of the molecule is Cc1ocnc1Cn1cc(CNC(C)(C)C)nn1. The predicted octanol–water partition coefficient (Wildman–Crippen LogP) is 1.51. The average Bonchev–Trinajstić information content (AvgIpc) is 2.86. The van der Waals surface area contributed by atoms with Crippen LogP contribution in [0.1, 0.15) is 37.9 Å². The molecule has 0 atom stereocenters. The van der Waals surface area contributed by atoms with Crippen LogP contribution in [0.15, 0.2) is 17.0 Å². The molecule has 2 heterocycles. The maximum atomic E-state index is 5.15. The number of aromatic nitrogens is 4. The van der Waals surface area contributed by atoms with Gasteiger partial charge in [0, 0.05) is 12.1 Å². The van der Waals surface area contributed by atoms with Gasteiger partial charge in [0.15, 0.2) is 6.39 Å². The van der Waals surface area contributed by atoms with Crippen LogP contribution in [0, 0.1) is 6.92 Å². The van der Waals surface area contributed by atoms with E-state index >= 15 is 0 Å². The molecule has 2 rings (SSSR count). The minimum absolute atomic E-state index is 0.0759. The lowest BCUT2D eigenvalue weighted by Gasteiger charge is -2.19. The summed E-state index contributed by atoms with van der Waals surface area (Å²) in [6, 6.07) is 0. The molecule has 0 aliphatic carbocycles. The Morgan fingerprint density at radius 1 is 1.39 bits per heavy atom. The molecule has 0 aliphatic heterocycles. The number of oxazole rings is 1. The fourth-order valence-corrected chi connectivity index (χ4v) is 1.49. The molecule has 2 aromatic rings. The molecule has 0 saturated heterocycles. The summed E-state index contributed by atoms with van der Waals surface area (Å²) in [4.78, 5) is 4.13. The Hall–Kier alpha value is -1.69. The summed E-state index contributed by atoms with van der Waals surface area (Å²) in [6.45, 7) is 9.55. The lowest BCUT2D eigenvalue weighted by Crippen LogP contribution is -2.35. The first-order chi connectivity index (χ1) is 8.44. The maximum absolute atomic E-state index is 5.15. The highest BCUT2D eigenvalue weighted by atomic mass is 16.3. The lowest BCUT2D eigenvalue weighted by atomic mass is 10.1. The molecule has 98 valence electrons. The van der Waals surface area contributed by atoms with Crippen LogP contribution >= 0.6 is 0 Å². The summed E-state index contributed by atoms with van der Waals surface area (Å²) < 4.78 is 6.92. The molecule has 0 bridgehead atoms. The summed E-state index contributed by atoms with van der Waals surface area (Å²) in [5.41, 5.74) is 1.88. The van der Waals surface area contributed by atoms with Crippen LogP contribution in [0.4, 0.5) is 0 Å². The minimum atomic E-state index is 0.0759. The highest BCUT2D eigenvalue weighted by molar-refractivity contribution is 5.05. The van der Waals surface area contributed by atoms with Crippen molar-refractivity contribution >= 4 is 0 Å². The molecular formula is C12H19N5O. The molecular weight excluding hydrogens is 230 g/mol. The molecule has 0 fully saturated rings. The summed E-state index contributed by atoms with van der Waals surface area (Å²) in [5, 5.41) is 11.6. The second kappa shape index (κ2) is 4.89. The Balaban J connectivity index is 1.96. The van der Waals surface area contributed by atoms with Gasteiger partial charge in [0.25, 0.3) is 0 Å². The van der Waals surface area contributed by atoms with Gasteiger partial charge in [-0.1, -0.05) is 5.21 Å². The number of rotatable bonds is 4. The molecule has 6 heteroatoms. The molecule has 0 saturated carbocycles. The molecule has 2 aromatic heterocycles. The van der Waals surface area contributed by atoms with Crippen LogP contribution in [0.25, 0.3) is 0 Å². The zero-order chi connectivity index (χ0) is 13.2. The average molecular weight is 249 g/mol. The normalized spacial score (nSPS) is 12.0. The highest BCUT2D eigenvalue weighted by Gasteiger charge is 2.11. The van der Waals surface area contributed by atoms with E-state index in [0.717, 1.165) is 17.1 Å². The third-order valence-corrected chi connectivity index (χ3v) is 2.54. The molecule has 0 unspecified atom stereocenters. The first kappa shape index (κ1) is 12.8. The van der Waals surface area contributed by atoms with Gasteiger partial charge in [-0.3, -0.25) is 0 Å². The van der Waals surface area contributed by atoms with Crippen LogP contribution in [0.2, 0.25) is 0 Å². The summed E-state index contributed by atoms with van der Waals surface area (Å²) in [5.74, 6) is 0.819. The van der Waals surface area contributed by atoms with Crippen molar-refractivity contribution in [2.45, 2.75) is 46.3 Å². The summed E-state index contributed by atoms with van der Waals surface area (Å²) in [7, 11) is 0. The summed E-state index contributed by atoms with van der Waals surface area (Å²) >= 11 is 0. The molecule has 0 aromatic carbocycles. The van der Waals surface area contributed by atoms with E-state index in [4.69, 9.17) is 4.42 Å². The summed E-state index contributed by atoms with van der Waals surface area (Å²) in [6.07, 6.45) is 3.37. The van der Waals surface area contributed by atoms with Crippen molar-refractivity contribution in [1.29, 1.82) is 0 Å². The van der Waals surface area contributed by atoms with E-state index < -0.39 is 0 Å². The monoisotopic (exact) mass is 249 g/mol. The van der Waals surface area contributed by atoms with Crippen LogP contribution in [0.5, 0.6) is 0 Å². The zero-order valence-corrected chi connectivity index (χ0v) is 11.3. The number of aryl methyl sites for hydroxylation is 1. The van der Waals surface area contributed by atoms with Gasteiger partial charge in [0.2, 0.25) is 0 Å². The van der Waals surface area contributed by atoms with E-state index in [1.165, 1.54) is 6.39 Å². The van der Waals surface area contributed by atoms with Gasteiger partial charge in [-0.05, 0) is 27.7 Å². The first-order valence-electron chi connectivity index (χ1n) is 5.97. The van der Waals surface area contributed by atoms with Crippen molar-refractivity contribution in [3.63, 3.8) is 0 Å². The van der Waals surface area contributed by atoms with E-state index in [9.17, 15) is 0 Å². The van der Waals surface area contributed by atoms with Crippen molar-refractivity contribution in [1.82, 2.24) is 25.3 Å². The van der Waals surface area contributed by atoms with Gasteiger partial charge in [-0.15, -0.1) is 5.10 Å². The van der Waals surface area contributed by atoms with Crippen molar-refractivity contribution in [3.8, 4) is 0 Å².